The summed E-state index contributed by atoms with van der Waals surface area (Å²) in [6.45, 7) is 2.81. The first-order chi connectivity index (χ1) is 11.9. The minimum Gasteiger partial charge on any atom is -0.352 e. The second-order valence-corrected chi connectivity index (χ2v) is 9.58. The van der Waals surface area contributed by atoms with Crippen molar-refractivity contribution in [1.82, 2.24) is 15.5 Å². The Morgan fingerprint density at radius 2 is 1.52 bits per heavy atom. The van der Waals surface area contributed by atoms with Crippen molar-refractivity contribution in [3.63, 3.8) is 0 Å². The van der Waals surface area contributed by atoms with Gasteiger partial charge < -0.3 is 10.6 Å². The van der Waals surface area contributed by atoms with Gasteiger partial charge in [-0.25, -0.2) is 0 Å². The van der Waals surface area contributed by atoms with Gasteiger partial charge in [-0.2, -0.15) is 0 Å². The summed E-state index contributed by atoms with van der Waals surface area (Å²) >= 11 is 0. The molecule has 2 N–H and O–H groups in total. The highest BCUT2D eigenvalue weighted by Crippen LogP contribution is 2.61. The minimum atomic E-state index is 0.0342. The maximum Gasteiger partial charge on any atom is 0.234 e. The normalized spacial score (nSPS) is 37.2. The summed E-state index contributed by atoms with van der Waals surface area (Å²) < 4.78 is 0. The molecule has 0 aromatic carbocycles. The van der Waals surface area contributed by atoms with Crippen LogP contribution in [0.1, 0.15) is 58.3 Å². The summed E-state index contributed by atoms with van der Waals surface area (Å²) in [6, 6.07) is 0.632. The molecule has 1 atom stereocenters. The van der Waals surface area contributed by atoms with E-state index in [1.165, 1.54) is 38.5 Å². The van der Waals surface area contributed by atoms with E-state index in [1.807, 2.05) is 11.9 Å². The molecule has 0 unspecified atom stereocenters. The molecule has 0 aliphatic heterocycles. The quantitative estimate of drug-likeness (QED) is 0.740. The van der Waals surface area contributed by atoms with Crippen LogP contribution in [-0.4, -0.2) is 48.9 Å². The molecule has 0 aromatic rings. The molecule has 5 saturated carbocycles. The van der Waals surface area contributed by atoms with Crippen molar-refractivity contribution in [3.05, 3.63) is 0 Å². The number of likely N-dealkylation sites (N-methyl/N-ethyl adjacent to an activating group) is 1. The molecule has 0 aromatic heterocycles. The van der Waals surface area contributed by atoms with E-state index in [-0.39, 0.29) is 17.9 Å². The largest absolute Gasteiger partial charge is 0.352 e. The van der Waals surface area contributed by atoms with Crippen LogP contribution in [0, 0.1) is 23.2 Å². The zero-order valence-corrected chi connectivity index (χ0v) is 15.7. The molecule has 25 heavy (non-hydrogen) atoms. The van der Waals surface area contributed by atoms with E-state index >= 15 is 0 Å². The number of nitrogens with one attached hydrogen (secondary N) is 2. The van der Waals surface area contributed by atoms with E-state index in [9.17, 15) is 9.59 Å². The average Bonchev–Trinajstić information content (AvgIpc) is 3.28. The third-order valence-electron chi connectivity index (χ3n) is 7.15. The maximum atomic E-state index is 12.5. The Kier molecular flexibility index (Phi) is 4.55. The van der Waals surface area contributed by atoms with Gasteiger partial charge in [0.2, 0.25) is 11.8 Å². The second kappa shape index (κ2) is 6.57. The molecule has 0 saturated heterocycles. The highest BCUT2D eigenvalue weighted by atomic mass is 16.2. The van der Waals surface area contributed by atoms with Crippen LogP contribution in [0.5, 0.6) is 0 Å². The lowest BCUT2D eigenvalue weighted by Crippen LogP contribution is -2.56. The van der Waals surface area contributed by atoms with E-state index in [4.69, 9.17) is 0 Å². The molecule has 5 fully saturated rings. The van der Waals surface area contributed by atoms with Gasteiger partial charge in [0.25, 0.3) is 0 Å². The van der Waals surface area contributed by atoms with Crippen molar-refractivity contribution in [2.45, 2.75) is 70.4 Å². The van der Waals surface area contributed by atoms with Crippen LogP contribution in [0.3, 0.4) is 0 Å². The highest BCUT2D eigenvalue weighted by Gasteiger charge is 2.53. The Morgan fingerprint density at radius 3 is 2.04 bits per heavy atom. The second-order valence-electron chi connectivity index (χ2n) is 9.58. The van der Waals surface area contributed by atoms with Gasteiger partial charge in [-0.05, 0) is 88.5 Å². The first-order valence-corrected chi connectivity index (χ1v) is 10.2. The Labute approximate surface area is 151 Å². The van der Waals surface area contributed by atoms with Crippen LogP contribution in [0.2, 0.25) is 0 Å². The maximum absolute atomic E-state index is 12.5. The molecule has 0 radical (unpaired) electrons. The van der Waals surface area contributed by atoms with Gasteiger partial charge in [-0.15, -0.1) is 0 Å². The molecule has 5 rings (SSSR count). The zero-order valence-electron chi connectivity index (χ0n) is 15.7. The van der Waals surface area contributed by atoms with E-state index in [1.54, 1.807) is 0 Å². The van der Waals surface area contributed by atoms with Crippen LogP contribution in [0.25, 0.3) is 0 Å². The van der Waals surface area contributed by atoms with Gasteiger partial charge in [0.05, 0.1) is 13.1 Å². The number of hydrogen-bond donors (Lipinski definition) is 2. The minimum absolute atomic E-state index is 0.0342. The molecule has 0 spiro atoms. The summed E-state index contributed by atoms with van der Waals surface area (Å²) in [4.78, 5) is 26.2. The number of nitrogens with zero attached hydrogens (tertiary/aromatic N) is 1. The third kappa shape index (κ3) is 3.86. The van der Waals surface area contributed by atoms with Crippen molar-refractivity contribution >= 4 is 11.8 Å². The number of amides is 2. The number of carbonyl (C=O) groups excluding carboxylic acids is 2. The predicted molar refractivity (Wildman–Crippen MR) is 96.9 cm³/mol. The number of rotatable bonds is 7. The van der Waals surface area contributed by atoms with Gasteiger partial charge in [0, 0.05) is 12.1 Å². The predicted octanol–water partition coefficient (Wildman–Crippen LogP) is 1.92. The lowest BCUT2D eigenvalue weighted by atomic mass is 9.48. The molecule has 0 heterocycles. The van der Waals surface area contributed by atoms with Crippen molar-refractivity contribution in [1.29, 1.82) is 0 Å². The van der Waals surface area contributed by atoms with Gasteiger partial charge in [-0.3, -0.25) is 14.5 Å². The Balaban J connectivity index is 1.26. The molecule has 2 amide bonds. The first kappa shape index (κ1) is 17.3. The monoisotopic (exact) mass is 347 g/mol. The Bertz CT molecular complexity index is 508. The van der Waals surface area contributed by atoms with Crippen molar-refractivity contribution in [3.8, 4) is 0 Å². The molecular weight excluding hydrogens is 314 g/mol. The number of hydrogen-bond acceptors (Lipinski definition) is 3. The van der Waals surface area contributed by atoms with Gasteiger partial charge in [0.1, 0.15) is 0 Å². The SMILES string of the molecule is C[C@H](NC(=O)CN(C)CC(=O)NC1CC1)C12CC3CC(CC(C3)C1)C2. The summed E-state index contributed by atoms with van der Waals surface area (Å²) in [6.07, 6.45) is 10.4. The summed E-state index contributed by atoms with van der Waals surface area (Å²) in [7, 11) is 1.85. The average molecular weight is 348 g/mol. The van der Waals surface area contributed by atoms with E-state index in [2.05, 4.69) is 17.6 Å². The van der Waals surface area contributed by atoms with Crippen LogP contribution in [-0.2, 0) is 9.59 Å². The van der Waals surface area contributed by atoms with Crippen LogP contribution >= 0.6 is 0 Å². The fourth-order valence-corrected chi connectivity index (χ4v) is 6.20. The molecule has 4 bridgehead atoms. The molecular formula is C20H33N3O2. The summed E-state index contributed by atoms with van der Waals surface area (Å²) in [5.41, 5.74) is 0.340. The molecule has 140 valence electrons. The van der Waals surface area contributed by atoms with Gasteiger partial charge in [0.15, 0.2) is 0 Å². The lowest BCUT2D eigenvalue weighted by molar-refractivity contribution is -0.127. The molecule has 5 aliphatic rings. The molecule has 5 aliphatic carbocycles. The summed E-state index contributed by atoms with van der Waals surface area (Å²) in [5.74, 6) is 2.80. The standard InChI is InChI=1S/C20H33N3O2/c1-13(20-8-14-5-15(9-20)7-16(6-14)10-20)21-18(24)11-23(2)12-19(25)22-17-3-4-17/h13-17H,3-12H2,1-2H3,(H,21,24)(H,22,25)/t13-,14?,15?,16?,20?/m0/s1. The highest BCUT2D eigenvalue weighted by molar-refractivity contribution is 5.81. The lowest BCUT2D eigenvalue weighted by Gasteiger charge is -2.59. The van der Waals surface area contributed by atoms with Crippen LogP contribution < -0.4 is 10.6 Å². The zero-order chi connectivity index (χ0) is 17.6. The van der Waals surface area contributed by atoms with Crippen LogP contribution in [0.4, 0.5) is 0 Å². The van der Waals surface area contributed by atoms with Gasteiger partial charge in [-0.1, -0.05) is 0 Å². The smallest absolute Gasteiger partial charge is 0.234 e. The van der Waals surface area contributed by atoms with Gasteiger partial charge >= 0.3 is 0 Å². The number of carbonyl (C=O) groups is 2. The van der Waals surface area contributed by atoms with Crippen molar-refractivity contribution in [2.75, 3.05) is 20.1 Å². The van der Waals surface area contributed by atoms with E-state index < -0.39 is 0 Å². The topological polar surface area (TPSA) is 61.4 Å². The third-order valence-corrected chi connectivity index (χ3v) is 7.15. The van der Waals surface area contributed by atoms with E-state index in [0.29, 0.717) is 24.5 Å². The van der Waals surface area contributed by atoms with Crippen molar-refractivity contribution < 1.29 is 9.59 Å². The summed E-state index contributed by atoms with van der Waals surface area (Å²) in [5, 5.41) is 6.26. The Hall–Kier alpha value is -1.10. The fourth-order valence-electron chi connectivity index (χ4n) is 6.20. The fraction of sp³-hybridized carbons (Fsp3) is 0.900. The van der Waals surface area contributed by atoms with Crippen LogP contribution in [0.15, 0.2) is 0 Å². The first-order valence-electron chi connectivity index (χ1n) is 10.2. The van der Waals surface area contributed by atoms with E-state index in [0.717, 1.165) is 30.6 Å². The molecule has 5 heteroatoms. The molecule has 5 nitrogen and oxygen atoms in total. The van der Waals surface area contributed by atoms with Crippen molar-refractivity contribution in [2.24, 2.45) is 23.2 Å². The Morgan fingerprint density at radius 1 is 1.00 bits per heavy atom.